The van der Waals surface area contributed by atoms with Gasteiger partial charge in [0.2, 0.25) is 0 Å². The van der Waals surface area contributed by atoms with Gasteiger partial charge in [0.25, 0.3) is 0 Å². The molecule has 2 N–H and O–H groups in total. The summed E-state index contributed by atoms with van der Waals surface area (Å²) in [5.74, 6) is 0. The molecule has 0 spiro atoms. The van der Waals surface area contributed by atoms with Crippen molar-refractivity contribution < 1.29 is 5.11 Å². The minimum absolute atomic E-state index is 0.0362. The smallest absolute Gasteiger partial charge is 0.0494 e. The molecular formula is C11H19NOS. The molecule has 14 heavy (non-hydrogen) atoms. The van der Waals surface area contributed by atoms with E-state index in [1.165, 1.54) is 4.88 Å². The van der Waals surface area contributed by atoms with E-state index < -0.39 is 0 Å². The van der Waals surface area contributed by atoms with Crippen LogP contribution < -0.4 is 5.32 Å². The Balaban J connectivity index is 2.39. The topological polar surface area (TPSA) is 32.3 Å². The van der Waals surface area contributed by atoms with E-state index in [4.69, 9.17) is 5.11 Å². The van der Waals surface area contributed by atoms with Crippen molar-refractivity contribution in [3.63, 3.8) is 0 Å². The van der Waals surface area contributed by atoms with Gasteiger partial charge in [0.15, 0.2) is 0 Å². The normalized spacial score (nSPS) is 14.3. The van der Waals surface area contributed by atoms with Crippen LogP contribution in [0.3, 0.4) is 0 Å². The minimum Gasteiger partial charge on any atom is -0.396 e. The number of aliphatic hydroxyl groups excluding tert-OH is 1. The third-order valence-electron chi connectivity index (χ3n) is 2.28. The second-order valence-corrected chi connectivity index (χ2v) is 5.42. The van der Waals surface area contributed by atoms with Crippen molar-refractivity contribution in [2.45, 2.75) is 26.8 Å². The highest BCUT2D eigenvalue weighted by molar-refractivity contribution is 7.10. The van der Waals surface area contributed by atoms with E-state index in [-0.39, 0.29) is 12.0 Å². The molecule has 3 heteroatoms. The van der Waals surface area contributed by atoms with E-state index in [1.807, 2.05) is 0 Å². The lowest BCUT2D eigenvalue weighted by Crippen LogP contribution is -2.33. The summed E-state index contributed by atoms with van der Waals surface area (Å²) in [6.07, 6.45) is 0. The van der Waals surface area contributed by atoms with Crippen LogP contribution in [0.4, 0.5) is 0 Å². The predicted molar refractivity (Wildman–Crippen MR) is 61.6 cm³/mol. The van der Waals surface area contributed by atoms with Crippen molar-refractivity contribution in [2.24, 2.45) is 5.41 Å². The molecule has 2 nitrogen and oxygen atoms in total. The van der Waals surface area contributed by atoms with Gasteiger partial charge in [-0.25, -0.2) is 0 Å². The maximum atomic E-state index is 9.10. The van der Waals surface area contributed by atoms with Crippen molar-refractivity contribution in [3.05, 3.63) is 22.4 Å². The van der Waals surface area contributed by atoms with Crippen LogP contribution in [0.2, 0.25) is 0 Å². The van der Waals surface area contributed by atoms with E-state index in [0.29, 0.717) is 6.04 Å². The first-order valence-corrected chi connectivity index (χ1v) is 5.81. The average molecular weight is 213 g/mol. The summed E-state index contributed by atoms with van der Waals surface area (Å²) in [5, 5.41) is 14.6. The molecule has 0 fully saturated rings. The molecule has 1 unspecified atom stereocenters. The summed E-state index contributed by atoms with van der Waals surface area (Å²) >= 11 is 1.76. The quantitative estimate of drug-likeness (QED) is 0.787. The molecule has 1 aromatic heterocycles. The number of nitrogens with one attached hydrogen (secondary N) is 1. The van der Waals surface area contributed by atoms with Crippen molar-refractivity contribution in [1.29, 1.82) is 0 Å². The maximum Gasteiger partial charge on any atom is 0.0494 e. The highest BCUT2D eigenvalue weighted by Crippen LogP contribution is 2.20. The summed E-state index contributed by atoms with van der Waals surface area (Å²) in [6.45, 7) is 7.32. The molecule has 1 rings (SSSR count). The van der Waals surface area contributed by atoms with Crippen LogP contribution in [0.1, 0.15) is 31.7 Å². The molecule has 1 heterocycles. The Bertz CT molecular complexity index is 256. The number of rotatable bonds is 5. The highest BCUT2D eigenvalue weighted by atomic mass is 32.1. The summed E-state index contributed by atoms with van der Waals surface area (Å²) in [4.78, 5) is 1.35. The lowest BCUT2D eigenvalue weighted by atomic mass is 9.94. The third kappa shape index (κ3) is 3.40. The molecule has 0 saturated heterocycles. The molecule has 0 aliphatic rings. The van der Waals surface area contributed by atoms with Gasteiger partial charge in [-0.15, -0.1) is 11.3 Å². The molecule has 0 bridgehead atoms. The summed E-state index contributed by atoms with van der Waals surface area (Å²) < 4.78 is 0. The van der Waals surface area contributed by atoms with Gasteiger partial charge in [-0.05, 0) is 18.4 Å². The first-order valence-electron chi connectivity index (χ1n) is 4.93. The number of aliphatic hydroxyl groups is 1. The minimum atomic E-state index is -0.0362. The lowest BCUT2D eigenvalue weighted by Gasteiger charge is -2.24. The Morgan fingerprint density at radius 2 is 2.29 bits per heavy atom. The fourth-order valence-electron chi connectivity index (χ4n) is 1.12. The summed E-state index contributed by atoms with van der Waals surface area (Å²) in [6, 6.07) is 4.57. The maximum absolute atomic E-state index is 9.10. The molecule has 0 radical (unpaired) electrons. The van der Waals surface area contributed by atoms with Crippen molar-refractivity contribution in [1.82, 2.24) is 5.32 Å². The van der Waals surface area contributed by atoms with Gasteiger partial charge < -0.3 is 10.4 Å². The number of hydrogen-bond acceptors (Lipinski definition) is 3. The van der Waals surface area contributed by atoms with Gasteiger partial charge in [0.1, 0.15) is 0 Å². The second-order valence-electron chi connectivity index (χ2n) is 4.44. The van der Waals surface area contributed by atoms with Crippen LogP contribution in [-0.4, -0.2) is 18.3 Å². The Morgan fingerprint density at radius 1 is 1.57 bits per heavy atom. The van der Waals surface area contributed by atoms with Crippen LogP contribution in [0.15, 0.2) is 17.5 Å². The van der Waals surface area contributed by atoms with Crippen molar-refractivity contribution >= 4 is 11.3 Å². The van der Waals surface area contributed by atoms with E-state index in [1.54, 1.807) is 11.3 Å². The molecule has 0 saturated carbocycles. The van der Waals surface area contributed by atoms with Crippen LogP contribution in [0, 0.1) is 5.41 Å². The van der Waals surface area contributed by atoms with E-state index in [0.717, 1.165) is 6.54 Å². The molecule has 0 aromatic carbocycles. The van der Waals surface area contributed by atoms with Crippen LogP contribution in [0.25, 0.3) is 0 Å². The lowest BCUT2D eigenvalue weighted by molar-refractivity contribution is 0.154. The largest absolute Gasteiger partial charge is 0.396 e. The Kier molecular flexibility index (Phi) is 4.11. The van der Waals surface area contributed by atoms with Gasteiger partial charge in [0.05, 0.1) is 0 Å². The molecule has 0 amide bonds. The third-order valence-corrected chi connectivity index (χ3v) is 3.34. The summed E-state index contributed by atoms with van der Waals surface area (Å²) in [5.41, 5.74) is -0.0362. The van der Waals surface area contributed by atoms with Gasteiger partial charge >= 0.3 is 0 Å². The molecule has 0 aliphatic carbocycles. The Morgan fingerprint density at radius 3 is 2.79 bits per heavy atom. The zero-order valence-electron chi connectivity index (χ0n) is 9.08. The monoisotopic (exact) mass is 213 g/mol. The molecule has 0 aliphatic heterocycles. The van der Waals surface area contributed by atoms with Gasteiger partial charge in [-0.1, -0.05) is 19.9 Å². The zero-order chi connectivity index (χ0) is 10.6. The standard InChI is InChI=1S/C11H19NOS/c1-9(10-5-4-6-14-10)12-7-11(2,3)8-13/h4-6,9,12-13H,7-8H2,1-3H3. The Hall–Kier alpha value is -0.380. The Labute approximate surface area is 90.0 Å². The van der Waals surface area contributed by atoms with Crippen LogP contribution in [0.5, 0.6) is 0 Å². The average Bonchev–Trinajstić information content (AvgIpc) is 2.67. The first-order chi connectivity index (χ1) is 6.55. The molecule has 1 atom stereocenters. The van der Waals surface area contributed by atoms with Crippen molar-refractivity contribution in [3.8, 4) is 0 Å². The predicted octanol–water partition coefficient (Wildman–Crippen LogP) is 2.42. The zero-order valence-corrected chi connectivity index (χ0v) is 9.90. The fourth-order valence-corrected chi connectivity index (χ4v) is 1.88. The van der Waals surface area contributed by atoms with Crippen molar-refractivity contribution in [2.75, 3.05) is 13.2 Å². The van der Waals surface area contributed by atoms with Gasteiger partial charge in [-0.3, -0.25) is 0 Å². The highest BCUT2D eigenvalue weighted by Gasteiger charge is 2.17. The van der Waals surface area contributed by atoms with Gasteiger partial charge in [0, 0.05) is 29.5 Å². The fraction of sp³-hybridized carbons (Fsp3) is 0.636. The van der Waals surface area contributed by atoms with Crippen LogP contribution in [-0.2, 0) is 0 Å². The van der Waals surface area contributed by atoms with E-state index >= 15 is 0 Å². The number of thiophene rings is 1. The van der Waals surface area contributed by atoms with E-state index in [9.17, 15) is 0 Å². The van der Waals surface area contributed by atoms with E-state index in [2.05, 4.69) is 43.6 Å². The molecule has 1 aromatic rings. The summed E-state index contributed by atoms with van der Waals surface area (Å²) in [7, 11) is 0. The van der Waals surface area contributed by atoms with Gasteiger partial charge in [-0.2, -0.15) is 0 Å². The second kappa shape index (κ2) is 4.91. The first kappa shape index (κ1) is 11.7. The molecule has 80 valence electrons. The molecular weight excluding hydrogens is 194 g/mol. The number of hydrogen-bond donors (Lipinski definition) is 2. The SMILES string of the molecule is CC(NCC(C)(C)CO)c1cccs1. The van der Waals surface area contributed by atoms with Crippen LogP contribution >= 0.6 is 11.3 Å².